The summed E-state index contributed by atoms with van der Waals surface area (Å²) in [5.41, 5.74) is 2.91. The topological polar surface area (TPSA) is 98.6 Å². The average Bonchev–Trinajstić information content (AvgIpc) is 3.40. The Morgan fingerprint density at radius 2 is 1.75 bits per heavy atom. The van der Waals surface area contributed by atoms with Crippen molar-refractivity contribution in [1.29, 1.82) is 0 Å². The van der Waals surface area contributed by atoms with Crippen molar-refractivity contribution in [2.75, 3.05) is 14.2 Å². The second kappa shape index (κ2) is 12.6. The normalized spacial score (nSPS) is 14.4. The van der Waals surface area contributed by atoms with Gasteiger partial charge in [0, 0.05) is 11.6 Å². The summed E-state index contributed by atoms with van der Waals surface area (Å²) in [7, 11) is 3.19. The van der Waals surface area contributed by atoms with Gasteiger partial charge < -0.3 is 19.7 Å². The lowest BCUT2D eigenvalue weighted by molar-refractivity contribution is -0.142. The number of methoxy groups -OCH3 is 2. The molecule has 0 spiro atoms. The lowest BCUT2D eigenvalue weighted by atomic mass is 9.94. The Hall–Kier alpha value is -4.40. The van der Waals surface area contributed by atoms with Crippen molar-refractivity contribution in [3.05, 3.63) is 83.9 Å². The highest BCUT2D eigenvalue weighted by Gasteiger charge is 2.34. The van der Waals surface area contributed by atoms with Crippen molar-refractivity contribution in [2.45, 2.75) is 57.3 Å². The Morgan fingerprint density at radius 3 is 2.55 bits per heavy atom. The van der Waals surface area contributed by atoms with Crippen LogP contribution >= 0.6 is 0 Å². The minimum atomic E-state index is -0.899. The van der Waals surface area contributed by atoms with Crippen LogP contribution in [0.1, 0.15) is 49.3 Å². The second-order valence-electron chi connectivity index (χ2n) is 10.1. The van der Waals surface area contributed by atoms with Gasteiger partial charge in [-0.15, -0.1) is 5.10 Å². The van der Waals surface area contributed by atoms with Crippen LogP contribution < -0.4 is 14.8 Å². The molecule has 1 saturated carbocycles. The first kappa shape index (κ1) is 27.2. The van der Waals surface area contributed by atoms with Crippen molar-refractivity contribution in [1.82, 2.24) is 25.2 Å². The van der Waals surface area contributed by atoms with Crippen LogP contribution in [0.15, 0.2) is 72.8 Å². The molecule has 1 fully saturated rings. The van der Waals surface area contributed by atoms with Gasteiger partial charge in [0.1, 0.15) is 29.6 Å². The zero-order chi connectivity index (χ0) is 27.9. The van der Waals surface area contributed by atoms with Crippen molar-refractivity contribution in [3.63, 3.8) is 0 Å². The summed E-state index contributed by atoms with van der Waals surface area (Å²) >= 11 is 0. The maximum absolute atomic E-state index is 14.2. The van der Waals surface area contributed by atoms with Gasteiger partial charge in [-0.25, -0.2) is 4.68 Å². The Labute approximate surface area is 234 Å². The van der Waals surface area contributed by atoms with Gasteiger partial charge in [-0.2, -0.15) is 0 Å². The van der Waals surface area contributed by atoms with E-state index < -0.39 is 6.04 Å². The number of nitrogens with zero attached hydrogens (tertiary/aromatic N) is 4. The minimum Gasteiger partial charge on any atom is -0.497 e. The van der Waals surface area contributed by atoms with E-state index in [-0.39, 0.29) is 30.9 Å². The van der Waals surface area contributed by atoms with Gasteiger partial charge in [0.25, 0.3) is 0 Å². The van der Waals surface area contributed by atoms with Crippen LogP contribution in [-0.2, 0) is 22.7 Å². The molecule has 4 aromatic rings. The predicted molar refractivity (Wildman–Crippen MR) is 152 cm³/mol. The molecule has 40 heavy (non-hydrogen) atoms. The summed E-state index contributed by atoms with van der Waals surface area (Å²) in [4.78, 5) is 29.9. The summed E-state index contributed by atoms with van der Waals surface area (Å²) in [6, 6.07) is 21.6. The zero-order valence-electron chi connectivity index (χ0n) is 23.0. The summed E-state index contributed by atoms with van der Waals surface area (Å²) < 4.78 is 12.7. The minimum absolute atomic E-state index is 0.0765. The van der Waals surface area contributed by atoms with Crippen molar-refractivity contribution in [3.8, 4) is 11.5 Å². The van der Waals surface area contributed by atoms with E-state index in [9.17, 15) is 9.59 Å². The molecule has 0 aliphatic heterocycles. The van der Waals surface area contributed by atoms with Crippen LogP contribution in [0.5, 0.6) is 11.5 Å². The second-order valence-corrected chi connectivity index (χ2v) is 10.1. The fourth-order valence-corrected chi connectivity index (χ4v) is 5.41. The molecule has 0 unspecified atom stereocenters. The lowest BCUT2D eigenvalue weighted by Crippen LogP contribution is -2.47. The highest BCUT2D eigenvalue weighted by Crippen LogP contribution is 2.30. The molecule has 0 bridgehead atoms. The van der Waals surface area contributed by atoms with Crippen LogP contribution in [0.2, 0.25) is 0 Å². The molecule has 0 saturated heterocycles. The maximum atomic E-state index is 14.2. The number of benzene rings is 3. The molecule has 1 aliphatic carbocycles. The van der Waals surface area contributed by atoms with Crippen LogP contribution in [0, 0.1) is 0 Å². The fraction of sp³-hybridized carbons (Fsp3) is 0.355. The third-order valence-electron chi connectivity index (χ3n) is 7.48. The molecule has 1 aliphatic rings. The molecular formula is C31H35N5O4. The number of fused-ring (bicyclic) bond motifs is 1. The van der Waals surface area contributed by atoms with E-state index in [0.29, 0.717) is 22.6 Å². The first-order valence-corrected chi connectivity index (χ1v) is 13.7. The first-order valence-electron chi connectivity index (χ1n) is 13.7. The van der Waals surface area contributed by atoms with Gasteiger partial charge >= 0.3 is 0 Å². The van der Waals surface area contributed by atoms with Gasteiger partial charge in [0.2, 0.25) is 11.8 Å². The van der Waals surface area contributed by atoms with E-state index in [1.54, 1.807) is 23.8 Å². The van der Waals surface area contributed by atoms with E-state index in [0.717, 1.165) is 36.8 Å². The molecular weight excluding hydrogens is 506 g/mol. The number of rotatable bonds is 10. The Morgan fingerprint density at radius 1 is 0.975 bits per heavy atom. The van der Waals surface area contributed by atoms with E-state index in [1.165, 1.54) is 6.42 Å². The van der Waals surface area contributed by atoms with Crippen LogP contribution in [0.3, 0.4) is 0 Å². The Balaban J connectivity index is 1.56. The van der Waals surface area contributed by atoms with Gasteiger partial charge in [-0.3, -0.25) is 9.59 Å². The van der Waals surface area contributed by atoms with Gasteiger partial charge in [-0.1, -0.05) is 66.9 Å². The number of para-hydroxylation sites is 2. The zero-order valence-corrected chi connectivity index (χ0v) is 23.0. The van der Waals surface area contributed by atoms with Crippen molar-refractivity contribution >= 4 is 22.8 Å². The SMILES string of the molecule is COc1cccc([C@H](C(=O)NC2CCCCC2)N(Cc2ccccc2OC)C(=O)Cn2nnc3ccccc32)c1. The third-order valence-corrected chi connectivity index (χ3v) is 7.48. The first-order chi connectivity index (χ1) is 19.6. The van der Waals surface area contributed by atoms with E-state index in [4.69, 9.17) is 9.47 Å². The lowest BCUT2D eigenvalue weighted by Gasteiger charge is -2.34. The number of amides is 2. The molecule has 3 aromatic carbocycles. The molecule has 208 valence electrons. The quantitative estimate of drug-likeness (QED) is 0.313. The number of carbonyl (C=O) groups excluding carboxylic acids is 2. The monoisotopic (exact) mass is 541 g/mol. The van der Waals surface area contributed by atoms with Crippen LogP contribution in [0.4, 0.5) is 0 Å². The van der Waals surface area contributed by atoms with Gasteiger partial charge in [0.15, 0.2) is 0 Å². The van der Waals surface area contributed by atoms with Gasteiger partial charge in [-0.05, 0) is 48.7 Å². The van der Waals surface area contributed by atoms with E-state index in [2.05, 4.69) is 15.6 Å². The number of nitrogens with one attached hydrogen (secondary N) is 1. The van der Waals surface area contributed by atoms with E-state index >= 15 is 0 Å². The largest absolute Gasteiger partial charge is 0.497 e. The van der Waals surface area contributed by atoms with E-state index in [1.807, 2.05) is 72.8 Å². The molecule has 9 nitrogen and oxygen atoms in total. The maximum Gasteiger partial charge on any atom is 0.247 e. The standard InChI is InChI=1S/C31H35N5O4/c1-39-25-15-10-12-22(19-25)30(31(38)32-24-13-4-3-5-14-24)35(20-23-11-6-9-18-28(23)40-2)29(37)21-36-27-17-8-7-16-26(27)33-34-36/h6-12,15-19,24,30H,3-5,13-14,20-21H2,1-2H3,(H,32,38)/t30-/m1/s1. The molecule has 9 heteroatoms. The fourth-order valence-electron chi connectivity index (χ4n) is 5.41. The molecule has 1 atom stereocenters. The molecule has 1 N–H and O–H groups in total. The Kier molecular flexibility index (Phi) is 8.59. The third kappa shape index (κ3) is 6.09. The number of aromatic nitrogens is 3. The number of carbonyl (C=O) groups is 2. The smallest absolute Gasteiger partial charge is 0.247 e. The summed E-state index contributed by atoms with van der Waals surface area (Å²) in [6.45, 7) is 0.0856. The summed E-state index contributed by atoms with van der Waals surface area (Å²) in [6.07, 6.45) is 5.20. The number of hydrogen-bond donors (Lipinski definition) is 1. The number of ether oxygens (including phenoxy) is 2. The summed E-state index contributed by atoms with van der Waals surface area (Å²) in [5, 5.41) is 11.7. The van der Waals surface area contributed by atoms with Crippen molar-refractivity contribution in [2.24, 2.45) is 0 Å². The van der Waals surface area contributed by atoms with Crippen LogP contribution in [-0.4, -0.2) is 52.0 Å². The summed E-state index contributed by atoms with van der Waals surface area (Å²) in [5.74, 6) is 0.767. The van der Waals surface area contributed by atoms with Crippen LogP contribution in [0.25, 0.3) is 11.0 Å². The number of hydrogen-bond acceptors (Lipinski definition) is 6. The molecule has 1 aromatic heterocycles. The molecule has 5 rings (SSSR count). The van der Waals surface area contributed by atoms with Crippen molar-refractivity contribution < 1.29 is 19.1 Å². The molecule has 2 amide bonds. The average molecular weight is 542 g/mol. The highest BCUT2D eigenvalue weighted by atomic mass is 16.5. The predicted octanol–water partition coefficient (Wildman–Crippen LogP) is 4.67. The van der Waals surface area contributed by atoms with Gasteiger partial charge in [0.05, 0.1) is 26.3 Å². The molecule has 1 heterocycles. The highest BCUT2D eigenvalue weighted by molar-refractivity contribution is 5.89. The Bertz CT molecular complexity index is 1460. The molecule has 0 radical (unpaired) electrons.